The predicted molar refractivity (Wildman–Crippen MR) is 79.2 cm³/mol. The zero-order chi connectivity index (χ0) is 15.0. The van der Waals surface area contributed by atoms with Gasteiger partial charge in [-0.05, 0) is 43.2 Å². The number of hydrogen-bond donors (Lipinski definition) is 0. The third-order valence-corrected chi connectivity index (χ3v) is 4.25. The summed E-state index contributed by atoms with van der Waals surface area (Å²) in [6, 6.07) is 7.42. The highest BCUT2D eigenvalue weighted by molar-refractivity contribution is 6.10. The van der Waals surface area contributed by atoms with Gasteiger partial charge in [-0.15, -0.1) is 0 Å². The molecule has 108 valence electrons. The van der Waals surface area contributed by atoms with E-state index in [4.69, 9.17) is 9.47 Å². The second kappa shape index (κ2) is 4.88. The quantitative estimate of drug-likeness (QED) is 0.869. The molecule has 4 nitrogen and oxygen atoms in total. The Morgan fingerprint density at radius 3 is 2.29 bits per heavy atom. The number of Topliss-reactive ketones (excluding diaryl/α,β-unsaturated/α-hetero) is 1. The number of methoxy groups -OCH3 is 2. The molecule has 1 atom stereocenters. The molecular weight excluding hydrogens is 266 g/mol. The second-order valence-corrected chi connectivity index (χ2v) is 5.40. The van der Waals surface area contributed by atoms with Crippen molar-refractivity contribution in [3.8, 4) is 11.5 Å². The highest BCUT2D eigenvalue weighted by atomic mass is 16.5. The summed E-state index contributed by atoms with van der Waals surface area (Å²) < 4.78 is 10.8. The first-order valence-corrected chi connectivity index (χ1v) is 6.81. The van der Waals surface area contributed by atoms with Crippen molar-refractivity contribution in [3.63, 3.8) is 0 Å². The number of benzene rings is 1. The Kier molecular flexibility index (Phi) is 3.16. The fourth-order valence-electron chi connectivity index (χ4n) is 3.06. The number of carbonyl (C=O) groups is 1. The van der Waals surface area contributed by atoms with Gasteiger partial charge in [0.25, 0.3) is 0 Å². The molecule has 1 aromatic carbocycles. The summed E-state index contributed by atoms with van der Waals surface area (Å²) in [5.74, 6) is 1.41. The molecule has 0 bridgehead atoms. The predicted octanol–water partition coefficient (Wildman–Crippen LogP) is 2.80. The fourth-order valence-corrected chi connectivity index (χ4v) is 3.06. The molecule has 1 aliphatic rings. The number of pyridine rings is 1. The summed E-state index contributed by atoms with van der Waals surface area (Å²) >= 11 is 0. The van der Waals surface area contributed by atoms with Crippen LogP contribution in [-0.4, -0.2) is 25.0 Å². The maximum absolute atomic E-state index is 13.0. The van der Waals surface area contributed by atoms with Gasteiger partial charge in [-0.2, -0.15) is 0 Å². The van der Waals surface area contributed by atoms with Crippen LogP contribution >= 0.6 is 0 Å². The molecule has 2 aromatic rings. The highest BCUT2D eigenvalue weighted by Gasteiger charge is 2.46. The van der Waals surface area contributed by atoms with Crippen LogP contribution in [0.1, 0.15) is 28.4 Å². The maximum Gasteiger partial charge on any atom is 0.177 e. The summed E-state index contributed by atoms with van der Waals surface area (Å²) in [5, 5.41) is 0. The van der Waals surface area contributed by atoms with Crippen LogP contribution in [0.5, 0.6) is 11.5 Å². The van der Waals surface area contributed by atoms with E-state index in [1.54, 1.807) is 32.7 Å². The number of nitrogens with zero attached hydrogens (tertiary/aromatic N) is 1. The van der Waals surface area contributed by atoms with Crippen molar-refractivity contribution >= 4 is 5.78 Å². The van der Waals surface area contributed by atoms with Crippen molar-refractivity contribution < 1.29 is 14.3 Å². The lowest BCUT2D eigenvalue weighted by Crippen LogP contribution is -2.29. The molecule has 21 heavy (non-hydrogen) atoms. The Hall–Kier alpha value is -2.36. The molecule has 3 rings (SSSR count). The topological polar surface area (TPSA) is 48.4 Å². The van der Waals surface area contributed by atoms with E-state index in [0.717, 1.165) is 16.9 Å². The zero-order valence-electron chi connectivity index (χ0n) is 12.3. The van der Waals surface area contributed by atoms with Gasteiger partial charge in [-0.1, -0.05) is 0 Å². The van der Waals surface area contributed by atoms with E-state index < -0.39 is 5.41 Å². The molecular formula is C17H17NO3. The van der Waals surface area contributed by atoms with Gasteiger partial charge in [-0.3, -0.25) is 9.78 Å². The van der Waals surface area contributed by atoms with E-state index in [2.05, 4.69) is 4.98 Å². The summed E-state index contributed by atoms with van der Waals surface area (Å²) in [6.07, 6.45) is 4.03. The zero-order valence-corrected chi connectivity index (χ0v) is 12.3. The molecule has 0 fully saturated rings. The highest BCUT2D eigenvalue weighted by Crippen LogP contribution is 2.46. The number of fused-ring (bicyclic) bond motifs is 1. The van der Waals surface area contributed by atoms with E-state index in [-0.39, 0.29) is 5.78 Å². The molecule has 0 aliphatic heterocycles. The number of ether oxygens (including phenoxy) is 2. The Balaban J connectivity index is 2.18. The third-order valence-electron chi connectivity index (χ3n) is 4.25. The van der Waals surface area contributed by atoms with Crippen LogP contribution in [-0.2, 0) is 11.8 Å². The van der Waals surface area contributed by atoms with Crippen LogP contribution in [0.25, 0.3) is 0 Å². The van der Waals surface area contributed by atoms with Crippen LogP contribution in [0.15, 0.2) is 36.7 Å². The van der Waals surface area contributed by atoms with Gasteiger partial charge >= 0.3 is 0 Å². The molecule has 0 saturated heterocycles. The monoisotopic (exact) mass is 283 g/mol. The average molecular weight is 283 g/mol. The van der Waals surface area contributed by atoms with Crippen LogP contribution in [0.4, 0.5) is 0 Å². The molecule has 1 aliphatic carbocycles. The Labute approximate surface area is 123 Å². The average Bonchev–Trinajstić information content (AvgIpc) is 2.81. The minimum absolute atomic E-state index is 0.0689. The number of aromatic nitrogens is 1. The summed E-state index contributed by atoms with van der Waals surface area (Å²) in [4.78, 5) is 17.0. The van der Waals surface area contributed by atoms with E-state index in [1.165, 1.54) is 0 Å². The number of rotatable bonds is 3. The third kappa shape index (κ3) is 1.90. The molecule has 1 aromatic heterocycles. The minimum atomic E-state index is -0.604. The van der Waals surface area contributed by atoms with Crippen molar-refractivity contribution in [2.75, 3.05) is 14.2 Å². The summed E-state index contributed by atoms with van der Waals surface area (Å²) in [6.45, 7) is 1.96. The SMILES string of the molecule is COc1ccc(OC)c2c1CC(C)(c1ccncc1)C2=O. The van der Waals surface area contributed by atoms with E-state index in [1.807, 2.05) is 25.1 Å². The lowest BCUT2D eigenvalue weighted by molar-refractivity contribution is 0.0913. The van der Waals surface area contributed by atoms with Crippen molar-refractivity contribution in [1.29, 1.82) is 0 Å². The van der Waals surface area contributed by atoms with Gasteiger partial charge in [0.1, 0.15) is 11.5 Å². The van der Waals surface area contributed by atoms with Gasteiger partial charge in [0, 0.05) is 18.0 Å². The molecule has 4 heteroatoms. The Bertz CT molecular complexity index is 697. The normalized spacial score (nSPS) is 20.2. The van der Waals surface area contributed by atoms with Gasteiger partial charge in [0.15, 0.2) is 5.78 Å². The van der Waals surface area contributed by atoms with Crippen molar-refractivity contribution in [2.24, 2.45) is 0 Å². The summed E-state index contributed by atoms with van der Waals surface area (Å²) in [7, 11) is 3.20. The fraction of sp³-hybridized carbons (Fsp3) is 0.294. The van der Waals surface area contributed by atoms with Crippen LogP contribution in [0, 0.1) is 0 Å². The Morgan fingerprint density at radius 1 is 1.05 bits per heavy atom. The largest absolute Gasteiger partial charge is 0.496 e. The number of hydrogen-bond acceptors (Lipinski definition) is 4. The molecule has 0 N–H and O–H groups in total. The van der Waals surface area contributed by atoms with E-state index in [9.17, 15) is 4.79 Å². The molecule has 0 saturated carbocycles. The summed E-state index contributed by atoms with van der Waals surface area (Å²) in [5.41, 5.74) is 1.91. The van der Waals surface area contributed by atoms with Crippen molar-refractivity contribution in [2.45, 2.75) is 18.8 Å². The van der Waals surface area contributed by atoms with Gasteiger partial charge < -0.3 is 9.47 Å². The molecule has 0 spiro atoms. The van der Waals surface area contributed by atoms with Gasteiger partial charge in [0.2, 0.25) is 0 Å². The first-order chi connectivity index (χ1) is 10.1. The van der Waals surface area contributed by atoms with Crippen molar-refractivity contribution in [1.82, 2.24) is 4.98 Å². The Morgan fingerprint density at radius 2 is 1.67 bits per heavy atom. The van der Waals surface area contributed by atoms with Gasteiger partial charge in [0.05, 0.1) is 25.2 Å². The lowest BCUT2D eigenvalue weighted by atomic mass is 9.79. The second-order valence-electron chi connectivity index (χ2n) is 5.40. The van der Waals surface area contributed by atoms with Crippen molar-refractivity contribution in [3.05, 3.63) is 53.3 Å². The number of ketones is 1. The van der Waals surface area contributed by atoms with Gasteiger partial charge in [-0.25, -0.2) is 0 Å². The minimum Gasteiger partial charge on any atom is -0.496 e. The van der Waals surface area contributed by atoms with Crippen LogP contribution in [0.3, 0.4) is 0 Å². The molecule has 1 heterocycles. The smallest absolute Gasteiger partial charge is 0.177 e. The standard InChI is InChI=1S/C17H17NO3/c1-17(11-6-8-18-9-7-11)10-12-13(20-2)4-5-14(21-3)15(12)16(17)19/h4-9H,10H2,1-3H3. The lowest BCUT2D eigenvalue weighted by Gasteiger charge is -2.22. The van der Waals surface area contributed by atoms with E-state index in [0.29, 0.717) is 17.7 Å². The first-order valence-electron chi connectivity index (χ1n) is 6.81. The van der Waals surface area contributed by atoms with E-state index >= 15 is 0 Å². The molecule has 0 amide bonds. The molecule has 1 unspecified atom stereocenters. The van der Waals surface area contributed by atoms with Crippen LogP contribution < -0.4 is 9.47 Å². The van der Waals surface area contributed by atoms with Crippen LogP contribution in [0.2, 0.25) is 0 Å². The maximum atomic E-state index is 13.0. The first kappa shape index (κ1) is 13.6. The number of carbonyl (C=O) groups excluding carboxylic acids is 1. The molecule has 0 radical (unpaired) electrons.